The minimum atomic E-state index is -1.78. The molecule has 2 aliphatic rings. The van der Waals surface area contributed by atoms with E-state index in [9.17, 15) is 45.6 Å². The molecular weight excluding hydrogens is 654 g/mol. The molecule has 0 aromatic rings. The normalized spacial score (nSPS) is 31.7. The lowest BCUT2D eigenvalue weighted by Crippen LogP contribution is -2.65. The number of ether oxygens (including phenoxy) is 4. The van der Waals surface area contributed by atoms with Crippen LogP contribution in [0.3, 0.4) is 0 Å². The molecule has 2 rings (SSSR count). The van der Waals surface area contributed by atoms with E-state index < -0.39 is 86.8 Å². The number of hydrogen-bond donors (Lipinski definition) is 9. The summed E-state index contributed by atoms with van der Waals surface area (Å²) >= 11 is 0. The van der Waals surface area contributed by atoms with Gasteiger partial charge in [0, 0.05) is 6.42 Å². The molecule has 0 bridgehead atoms. The Morgan fingerprint density at radius 3 is 1.94 bits per heavy atom. The number of amides is 1. The molecule has 2 aliphatic heterocycles. The Kier molecular flexibility index (Phi) is 22.7. The van der Waals surface area contributed by atoms with Crippen LogP contribution in [0.25, 0.3) is 0 Å². The standard InChI is InChI=1S/C36H65NO13/c1-3-5-7-8-9-10-11-12-13-14-15-16-18-20-28(41)37-24(25(40)19-17-6-4-2)23-47-35-33(46)31(44)34(27(22-39)49-35)50-36-32(45)30(43)29(42)26(21-38)48-36/h10-11,17,19,24-27,29-36,38-40,42-46H,3-9,12-16,18,20-23H2,1-2H3,(H,37,41)/b11-10-,19-17+. The maximum Gasteiger partial charge on any atom is 0.220 e. The summed E-state index contributed by atoms with van der Waals surface area (Å²) in [4.78, 5) is 12.8. The summed E-state index contributed by atoms with van der Waals surface area (Å²) in [6, 6.07) is -0.909. The van der Waals surface area contributed by atoms with E-state index in [1.807, 2.05) is 6.92 Å². The first kappa shape index (κ1) is 44.6. The lowest BCUT2D eigenvalue weighted by Gasteiger charge is -2.46. The zero-order chi connectivity index (χ0) is 36.9. The van der Waals surface area contributed by atoms with Crippen LogP contribution in [-0.4, -0.2) is 140 Å². The van der Waals surface area contributed by atoms with Gasteiger partial charge in [-0.25, -0.2) is 0 Å². The Bertz CT molecular complexity index is 951. The van der Waals surface area contributed by atoms with E-state index in [2.05, 4.69) is 24.4 Å². The van der Waals surface area contributed by atoms with Gasteiger partial charge in [0.15, 0.2) is 12.6 Å². The van der Waals surface area contributed by atoms with Gasteiger partial charge in [-0.2, -0.15) is 0 Å². The van der Waals surface area contributed by atoms with E-state index in [0.29, 0.717) is 6.42 Å². The van der Waals surface area contributed by atoms with Crippen molar-refractivity contribution in [1.82, 2.24) is 5.32 Å². The van der Waals surface area contributed by atoms with Crippen LogP contribution in [0.4, 0.5) is 0 Å². The molecule has 0 aromatic carbocycles. The predicted octanol–water partition coefficient (Wildman–Crippen LogP) is 1.09. The Labute approximate surface area is 297 Å². The van der Waals surface area contributed by atoms with Crippen molar-refractivity contribution in [2.75, 3.05) is 19.8 Å². The van der Waals surface area contributed by atoms with Gasteiger partial charge in [0.2, 0.25) is 5.91 Å². The molecule has 292 valence electrons. The van der Waals surface area contributed by atoms with Crippen molar-refractivity contribution >= 4 is 5.91 Å². The average Bonchev–Trinajstić information content (AvgIpc) is 3.11. The van der Waals surface area contributed by atoms with Gasteiger partial charge in [0.1, 0.15) is 48.8 Å². The number of unbranched alkanes of at least 4 members (excludes halogenated alkanes) is 10. The van der Waals surface area contributed by atoms with Crippen LogP contribution in [0.2, 0.25) is 0 Å². The monoisotopic (exact) mass is 719 g/mol. The summed E-state index contributed by atoms with van der Waals surface area (Å²) in [6.07, 6.45) is 4.92. The van der Waals surface area contributed by atoms with Crippen molar-refractivity contribution in [3.05, 3.63) is 24.3 Å². The minimum Gasteiger partial charge on any atom is -0.394 e. The van der Waals surface area contributed by atoms with Crippen LogP contribution in [-0.2, 0) is 23.7 Å². The fraction of sp³-hybridized carbons (Fsp3) is 0.861. The number of hydrogen-bond acceptors (Lipinski definition) is 13. The van der Waals surface area contributed by atoms with Crippen molar-refractivity contribution in [2.24, 2.45) is 0 Å². The Morgan fingerprint density at radius 2 is 1.30 bits per heavy atom. The van der Waals surface area contributed by atoms with E-state index in [0.717, 1.165) is 51.4 Å². The molecule has 0 aromatic heterocycles. The van der Waals surface area contributed by atoms with Gasteiger partial charge in [0.05, 0.1) is 32.0 Å². The summed E-state index contributed by atoms with van der Waals surface area (Å²) < 4.78 is 22.3. The highest BCUT2D eigenvalue weighted by atomic mass is 16.7. The van der Waals surface area contributed by atoms with Crippen molar-refractivity contribution in [3.8, 4) is 0 Å². The highest BCUT2D eigenvalue weighted by Gasteiger charge is 2.50. The second kappa shape index (κ2) is 25.4. The third kappa shape index (κ3) is 15.2. The van der Waals surface area contributed by atoms with Crippen LogP contribution < -0.4 is 5.32 Å². The van der Waals surface area contributed by atoms with Gasteiger partial charge in [0.25, 0.3) is 0 Å². The predicted molar refractivity (Wildman–Crippen MR) is 185 cm³/mol. The third-order valence-electron chi connectivity index (χ3n) is 9.11. The Morgan fingerprint density at radius 1 is 0.700 bits per heavy atom. The molecule has 0 spiro atoms. The number of carbonyl (C=O) groups excluding carboxylic acids is 1. The Balaban J connectivity index is 1.87. The molecule has 0 radical (unpaired) electrons. The van der Waals surface area contributed by atoms with Crippen molar-refractivity contribution in [2.45, 2.75) is 177 Å². The van der Waals surface area contributed by atoms with Gasteiger partial charge in [-0.3, -0.25) is 4.79 Å². The molecule has 9 N–H and O–H groups in total. The van der Waals surface area contributed by atoms with E-state index >= 15 is 0 Å². The number of nitrogens with one attached hydrogen (secondary N) is 1. The first-order valence-corrected chi connectivity index (χ1v) is 18.6. The summed E-state index contributed by atoms with van der Waals surface area (Å²) in [5.74, 6) is -0.265. The lowest BCUT2D eigenvalue weighted by molar-refractivity contribution is -0.359. The van der Waals surface area contributed by atoms with Gasteiger partial charge in [-0.05, 0) is 38.5 Å². The average molecular weight is 720 g/mol. The Hall–Kier alpha value is -1.53. The molecule has 0 aliphatic carbocycles. The van der Waals surface area contributed by atoms with E-state index in [1.54, 1.807) is 12.2 Å². The van der Waals surface area contributed by atoms with Crippen LogP contribution in [0.1, 0.15) is 104 Å². The molecule has 50 heavy (non-hydrogen) atoms. The number of rotatable bonds is 25. The summed E-state index contributed by atoms with van der Waals surface area (Å²) in [7, 11) is 0. The molecule has 2 heterocycles. The fourth-order valence-corrected chi connectivity index (χ4v) is 5.94. The molecule has 2 fully saturated rings. The van der Waals surface area contributed by atoms with Crippen LogP contribution in [0.15, 0.2) is 24.3 Å². The molecule has 14 heteroatoms. The number of allylic oxidation sites excluding steroid dienone is 3. The molecule has 2 saturated heterocycles. The lowest BCUT2D eigenvalue weighted by atomic mass is 9.97. The van der Waals surface area contributed by atoms with Crippen molar-refractivity contribution in [3.63, 3.8) is 0 Å². The number of aliphatic hydroxyl groups excluding tert-OH is 8. The zero-order valence-electron chi connectivity index (χ0n) is 29.9. The van der Waals surface area contributed by atoms with Crippen LogP contribution in [0.5, 0.6) is 0 Å². The minimum absolute atomic E-state index is 0.265. The summed E-state index contributed by atoms with van der Waals surface area (Å²) in [5, 5.41) is 85.3. The third-order valence-corrected chi connectivity index (χ3v) is 9.11. The molecule has 14 nitrogen and oxygen atoms in total. The maximum atomic E-state index is 12.8. The highest BCUT2D eigenvalue weighted by molar-refractivity contribution is 5.76. The van der Waals surface area contributed by atoms with Gasteiger partial charge in [-0.1, -0.05) is 83.1 Å². The first-order valence-electron chi connectivity index (χ1n) is 18.6. The maximum absolute atomic E-state index is 12.8. The van der Waals surface area contributed by atoms with Crippen molar-refractivity contribution in [1.29, 1.82) is 0 Å². The summed E-state index contributed by atoms with van der Waals surface area (Å²) in [5.41, 5.74) is 0. The molecule has 12 atom stereocenters. The smallest absolute Gasteiger partial charge is 0.220 e. The fourth-order valence-electron chi connectivity index (χ4n) is 5.94. The quantitative estimate of drug-likeness (QED) is 0.0476. The van der Waals surface area contributed by atoms with Gasteiger partial charge < -0.3 is 65.1 Å². The molecule has 0 saturated carbocycles. The molecular formula is C36H65NO13. The topological polar surface area (TPSA) is 228 Å². The number of aliphatic hydroxyl groups is 8. The van der Waals surface area contributed by atoms with Gasteiger partial charge in [-0.15, -0.1) is 0 Å². The van der Waals surface area contributed by atoms with Crippen LogP contribution in [0, 0.1) is 0 Å². The highest BCUT2D eigenvalue weighted by Crippen LogP contribution is 2.29. The molecule has 1 amide bonds. The number of carbonyl (C=O) groups is 1. The van der Waals surface area contributed by atoms with Crippen molar-refractivity contribution < 1.29 is 64.6 Å². The van der Waals surface area contributed by atoms with E-state index in [-0.39, 0.29) is 18.9 Å². The summed E-state index contributed by atoms with van der Waals surface area (Å²) in [6.45, 7) is 2.48. The second-order valence-electron chi connectivity index (χ2n) is 13.3. The van der Waals surface area contributed by atoms with E-state index in [1.165, 1.54) is 25.7 Å². The SMILES string of the molecule is CCC/C=C/C(O)C(COC1OC(CO)C(OC2OC(CO)C(O)C(O)C2O)C(O)C1O)NC(=O)CCCCCCC/C=C\CCCCCC. The van der Waals surface area contributed by atoms with Gasteiger partial charge >= 0.3 is 0 Å². The zero-order valence-corrected chi connectivity index (χ0v) is 29.9. The second-order valence-corrected chi connectivity index (χ2v) is 13.3. The van der Waals surface area contributed by atoms with E-state index in [4.69, 9.17) is 18.9 Å². The van der Waals surface area contributed by atoms with Crippen LogP contribution >= 0.6 is 0 Å². The largest absolute Gasteiger partial charge is 0.394 e. The molecule has 12 unspecified atom stereocenters. The first-order chi connectivity index (χ1) is 24.1.